The molecule has 0 aromatic heterocycles. The van der Waals surface area contributed by atoms with Gasteiger partial charge in [-0.15, -0.1) is 0 Å². The van der Waals surface area contributed by atoms with Crippen LogP contribution in [-0.4, -0.2) is 48.6 Å². The Morgan fingerprint density at radius 3 is 2.50 bits per heavy atom. The van der Waals surface area contributed by atoms with Gasteiger partial charge >= 0.3 is 0 Å². The SMILES string of the molecule is Nc1ccc(NC(=O)CCN(CCO)CC(F)F)cc1. The second kappa shape index (κ2) is 8.44. The normalized spacial score (nSPS) is 11.1. The number of anilines is 2. The Kier molecular flexibility index (Phi) is 6.89. The van der Waals surface area contributed by atoms with Crippen molar-refractivity contribution in [2.75, 3.05) is 37.3 Å². The van der Waals surface area contributed by atoms with Gasteiger partial charge in [0.15, 0.2) is 0 Å². The van der Waals surface area contributed by atoms with Gasteiger partial charge in [-0.3, -0.25) is 9.69 Å². The fourth-order valence-corrected chi connectivity index (χ4v) is 1.68. The third-order valence-electron chi connectivity index (χ3n) is 2.66. The van der Waals surface area contributed by atoms with E-state index in [-0.39, 0.29) is 32.0 Å². The highest BCUT2D eigenvalue weighted by molar-refractivity contribution is 5.90. The molecule has 5 nitrogen and oxygen atoms in total. The van der Waals surface area contributed by atoms with Crippen LogP contribution in [-0.2, 0) is 4.79 Å². The molecule has 0 atom stereocenters. The zero-order chi connectivity index (χ0) is 15.0. The van der Waals surface area contributed by atoms with Crippen LogP contribution < -0.4 is 11.1 Å². The maximum absolute atomic E-state index is 12.3. The molecular formula is C13H19F2N3O2. The summed E-state index contributed by atoms with van der Waals surface area (Å²) in [6.07, 6.45) is -2.40. The monoisotopic (exact) mass is 287 g/mol. The van der Waals surface area contributed by atoms with Crippen LogP contribution in [0.5, 0.6) is 0 Å². The van der Waals surface area contributed by atoms with E-state index in [1.165, 1.54) is 4.90 Å². The third kappa shape index (κ3) is 6.44. The van der Waals surface area contributed by atoms with Crippen molar-refractivity contribution in [2.45, 2.75) is 12.8 Å². The number of nitrogens with zero attached hydrogens (tertiary/aromatic N) is 1. The summed E-state index contributed by atoms with van der Waals surface area (Å²) in [6.45, 7) is -0.368. The van der Waals surface area contributed by atoms with Crippen LogP contribution >= 0.6 is 0 Å². The van der Waals surface area contributed by atoms with E-state index in [1.807, 2.05) is 0 Å². The highest BCUT2D eigenvalue weighted by Gasteiger charge is 2.13. The summed E-state index contributed by atoms with van der Waals surface area (Å²) in [7, 11) is 0. The third-order valence-corrected chi connectivity index (χ3v) is 2.66. The lowest BCUT2D eigenvalue weighted by atomic mass is 10.2. The second-order valence-corrected chi connectivity index (χ2v) is 4.34. The number of halogens is 2. The molecule has 20 heavy (non-hydrogen) atoms. The highest BCUT2D eigenvalue weighted by atomic mass is 19.3. The zero-order valence-corrected chi connectivity index (χ0v) is 11.1. The minimum Gasteiger partial charge on any atom is -0.399 e. The molecule has 1 rings (SSSR count). The molecule has 0 unspecified atom stereocenters. The van der Waals surface area contributed by atoms with E-state index >= 15 is 0 Å². The number of benzene rings is 1. The van der Waals surface area contributed by atoms with Gasteiger partial charge in [0.05, 0.1) is 13.2 Å². The zero-order valence-electron chi connectivity index (χ0n) is 11.1. The fraction of sp³-hybridized carbons (Fsp3) is 0.462. The fourth-order valence-electron chi connectivity index (χ4n) is 1.68. The van der Waals surface area contributed by atoms with Gasteiger partial charge in [0.25, 0.3) is 6.43 Å². The number of carbonyl (C=O) groups excluding carboxylic acids is 1. The Balaban J connectivity index is 2.38. The predicted octanol–water partition coefficient (Wildman–Crippen LogP) is 1.16. The van der Waals surface area contributed by atoms with Gasteiger partial charge in [0.1, 0.15) is 0 Å². The molecule has 0 saturated heterocycles. The van der Waals surface area contributed by atoms with Gasteiger partial charge < -0.3 is 16.2 Å². The molecule has 0 spiro atoms. The number of nitrogens with two attached hydrogens (primary N) is 1. The van der Waals surface area contributed by atoms with Crippen LogP contribution in [0, 0.1) is 0 Å². The number of alkyl halides is 2. The number of hydrogen-bond acceptors (Lipinski definition) is 4. The number of nitrogen functional groups attached to an aromatic ring is 1. The van der Waals surface area contributed by atoms with E-state index in [1.54, 1.807) is 24.3 Å². The van der Waals surface area contributed by atoms with Crippen LogP contribution in [0.25, 0.3) is 0 Å². The Bertz CT molecular complexity index is 413. The van der Waals surface area contributed by atoms with Crippen molar-refractivity contribution in [3.05, 3.63) is 24.3 Å². The largest absolute Gasteiger partial charge is 0.399 e. The lowest BCUT2D eigenvalue weighted by Crippen LogP contribution is -2.34. The molecule has 0 aliphatic rings. The van der Waals surface area contributed by atoms with Crippen molar-refractivity contribution in [2.24, 2.45) is 0 Å². The lowest BCUT2D eigenvalue weighted by Gasteiger charge is -2.20. The Morgan fingerprint density at radius 1 is 1.30 bits per heavy atom. The molecule has 112 valence electrons. The van der Waals surface area contributed by atoms with Crippen molar-refractivity contribution in [3.63, 3.8) is 0 Å². The molecule has 0 heterocycles. The lowest BCUT2D eigenvalue weighted by molar-refractivity contribution is -0.116. The van der Waals surface area contributed by atoms with Gasteiger partial charge in [-0.2, -0.15) is 0 Å². The maximum Gasteiger partial charge on any atom is 0.251 e. The molecule has 0 radical (unpaired) electrons. The average molecular weight is 287 g/mol. The molecule has 4 N–H and O–H groups in total. The summed E-state index contributed by atoms with van der Waals surface area (Å²) in [5.41, 5.74) is 6.72. The number of nitrogens with one attached hydrogen (secondary N) is 1. The summed E-state index contributed by atoms with van der Waals surface area (Å²) < 4.78 is 24.6. The number of carbonyl (C=O) groups is 1. The first-order valence-electron chi connectivity index (χ1n) is 6.28. The van der Waals surface area contributed by atoms with Gasteiger partial charge in [-0.1, -0.05) is 0 Å². The van der Waals surface area contributed by atoms with E-state index in [0.717, 1.165) is 0 Å². The molecule has 1 aromatic carbocycles. The first-order chi connectivity index (χ1) is 9.51. The van der Waals surface area contributed by atoms with Gasteiger partial charge in [-0.25, -0.2) is 8.78 Å². The first-order valence-corrected chi connectivity index (χ1v) is 6.28. The summed E-state index contributed by atoms with van der Waals surface area (Å²) in [5.74, 6) is -0.271. The topological polar surface area (TPSA) is 78.6 Å². The van der Waals surface area contributed by atoms with Crippen molar-refractivity contribution in [3.8, 4) is 0 Å². The minimum absolute atomic E-state index is 0.0805. The molecular weight excluding hydrogens is 268 g/mol. The molecule has 0 fully saturated rings. The van der Waals surface area contributed by atoms with E-state index in [2.05, 4.69) is 5.32 Å². The Hall–Kier alpha value is -1.73. The quantitative estimate of drug-likeness (QED) is 0.627. The van der Waals surface area contributed by atoms with Crippen LogP contribution in [0.15, 0.2) is 24.3 Å². The Morgan fingerprint density at radius 2 is 1.95 bits per heavy atom. The molecule has 0 bridgehead atoms. The molecule has 1 aromatic rings. The predicted molar refractivity (Wildman–Crippen MR) is 73.6 cm³/mol. The van der Waals surface area contributed by atoms with Crippen molar-refractivity contribution in [1.29, 1.82) is 0 Å². The van der Waals surface area contributed by atoms with E-state index in [0.29, 0.717) is 11.4 Å². The molecule has 1 amide bonds. The van der Waals surface area contributed by atoms with Crippen LogP contribution in [0.1, 0.15) is 6.42 Å². The van der Waals surface area contributed by atoms with Crippen molar-refractivity contribution >= 4 is 17.3 Å². The van der Waals surface area contributed by atoms with E-state index in [4.69, 9.17) is 10.8 Å². The summed E-state index contributed by atoms with van der Waals surface area (Å²) in [6, 6.07) is 6.64. The minimum atomic E-state index is -2.48. The number of hydrogen-bond donors (Lipinski definition) is 3. The Labute approximate surface area is 116 Å². The van der Waals surface area contributed by atoms with Gasteiger partial charge in [0, 0.05) is 30.9 Å². The van der Waals surface area contributed by atoms with Crippen LogP contribution in [0.4, 0.5) is 20.2 Å². The number of aliphatic hydroxyl groups is 1. The van der Waals surface area contributed by atoms with E-state index < -0.39 is 13.0 Å². The van der Waals surface area contributed by atoms with Crippen LogP contribution in [0.2, 0.25) is 0 Å². The number of amides is 1. The maximum atomic E-state index is 12.3. The van der Waals surface area contributed by atoms with Gasteiger partial charge in [0.2, 0.25) is 5.91 Å². The molecule has 7 heteroatoms. The standard InChI is InChI=1S/C13H19F2N3O2/c14-12(15)9-18(7-8-19)6-5-13(20)17-11-3-1-10(16)2-4-11/h1-4,12,19H,5-9,16H2,(H,17,20). The summed E-state index contributed by atoms with van der Waals surface area (Å²) >= 11 is 0. The van der Waals surface area contributed by atoms with Crippen molar-refractivity contribution < 1.29 is 18.7 Å². The molecule has 0 saturated carbocycles. The smallest absolute Gasteiger partial charge is 0.251 e. The first kappa shape index (κ1) is 16.3. The summed E-state index contributed by atoms with van der Waals surface area (Å²) in [5, 5.41) is 11.4. The second-order valence-electron chi connectivity index (χ2n) is 4.34. The number of aliphatic hydroxyl groups excluding tert-OH is 1. The van der Waals surface area contributed by atoms with Crippen molar-refractivity contribution in [1.82, 2.24) is 4.90 Å². The summed E-state index contributed by atoms with van der Waals surface area (Å²) in [4.78, 5) is 13.0. The van der Waals surface area contributed by atoms with Gasteiger partial charge in [-0.05, 0) is 24.3 Å². The number of rotatable bonds is 8. The van der Waals surface area contributed by atoms with Crippen LogP contribution in [0.3, 0.4) is 0 Å². The molecule has 0 aliphatic heterocycles. The molecule has 0 aliphatic carbocycles. The average Bonchev–Trinajstić information content (AvgIpc) is 2.38. The highest BCUT2D eigenvalue weighted by Crippen LogP contribution is 2.10. The van der Waals surface area contributed by atoms with E-state index in [9.17, 15) is 13.6 Å².